The van der Waals surface area contributed by atoms with Gasteiger partial charge in [0.2, 0.25) is 5.91 Å². The second-order valence-corrected chi connectivity index (χ2v) is 5.32. The molecule has 2 rings (SSSR count). The molecule has 0 aliphatic rings. The van der Waals surface area contributed by atoms with Crippen LogP contribution in [0, 0.1) is 6.92 Å². The van der Waals surface area contributed by atoms with Crippen LogP contribution in [0.25, 0.3) is 0 Å². The maximum absolute atomic E-state index is 11.6. The second-order valence-electron chi connectivity index (χ2n) is 4.26. The molecule has 0 radical (unpaired) electrons. The highest BCUT2D eigenvalue weighted by atomic mass is 32.1. The Morgan fingerprint density at radius 3 is 3.00 bits per heavy atom. The standard InChI is InChI=1S/C14H15N3O3S/c1-9-16-11(8-21-9)6-14(19)17-15-7-10-3-4-13(20-2)12(18)5-10/h3-5,7-8,18H,6H2,1-2H3,(H,17,19). The molecule has 7 heteroatoms. The number of hydrazone groups is 1. The van der Waals surface area contributed by atoms with E-state index in [2.05, 4.69) is 15.5 Å². The van der Waals surface area contributed by atoms with Gasteiger partial charge in [0.15, 0.2) is 11.5 Å². The number of nitrogens with one attached hydrogen (secondary N) is 1. The fourth-order valence-corrected chi connectivity index (χ4v) is 2.27. The Labute approximate surface area is 126 Å². The van der Waals surface area contributed by atoms with E-state index in [-0.39, 0.29) is 18.1 Å². The highest BCUT2D eigenvalue weighted by Gasteiger charge is 2.05. The van der Waals surface area contributed by atoms with Gasteiger partial charge in [0.05, 0.1) is 30.4 Å². The Balaban J connectivity index is 1.89. The van der Waals surface area contributed by atoms with E-state index in [1.54, 1.807) is 12.1 Å². The predicted octanol–water partition coefficient (Wildman–Crippen LogP) is 1.86. The quantitative estimate of drug-likeness (QED) is 0.652. The number of carbonyl (C=O) groups excluding carboxylic acids is 1. The second kappa shape index (κ2) is 6.85. The maximum atomic E-state index is 11.6. The van der Waals surface area contributed by atoms with Crippen molar-refractivity contribution in [1.29, 1.82) is 0 Å². The van der Waals surface area contributed by atoms with Gasteiger partial charge in [-0.1, -0.05) is 0 Å². The molecular formula is C14H15N3O3S. The molecule has 0 fully saturated rings. The Morgan fingerprint density at radius 2 is 2.38 bits per heavy atom. The van der Waals surface area contributed by atoms with E-state index in [0.29, 0.717) is 11.3 Å². The number of aromatic nitrogens is 1. The average molecular weight is 305 g/mol. The maximum Gasteiger partial charge on any atom is 0.246 e. The van der Waals surface area contributed by atoms with Gasteiger partial charge in [-0.3, -0.25) is 4.79 Å². The molecule has 1 aromatic carbocycles. The third kappa shape index (κ3) is 4.28. The zero-order chi connectivity index (χ0) is 15.2. The van der Waals surface area contributed by atoms with Crippen LogP contribution in [-0.2, 0) is 11.2 Å². The number of carbonyl (C=O) groups is 1. The summed E-state index contributed by atoms with van der Waals surface area (Å²) in [7, 11) is 1.48. The monoisotopic (exact) mass is 305 g/mol. The molecule has 0 aliphatic heterocycles. The van der Waals surface area contributed by atoms with Crippen molar-refractivity contribution >= 4 is 23.5 Å². The molecular weight excluding hydrogens is 290 g/mol. The molecule has 2 aromatic rings. The van der Waals surface area contributed by atoms with Crippen molar-refractivity contribution in [2.75, 3.05) is 7.11 Å². The molecule has 6 nitrogen and oxygen atoms in total. The first kappa shape index (κ1) is 15.0. The van der Waals surface area contributed by atoms with Gasteiger partial charge >= 0.3 is 0 Å². The van der Waals surface area contributed by atoms with Gasteiger partial charge in [-0.25, -0.2) is 10.4 Å². The van der Waals surface area contributed by atoms with Crippen LogP contribution in [0.1, 0.15) is 16.3 Å². The smallest absolute Gasteiger partial charge is 0.246 e. The molecule has 0 unspecified atom stereocenters. The first-order valence-corrected chi connectivity index (χ1v) is 7.06. The van der Waals surface area contributed by atoms with Crippen LogP contribution in [0.3, 0.4) is 0 Å². The number of benzene rings is 1. The normalized spacial score (nSPS) is 10.8. The Kier molecular flexibility index (Phi) is 4.89. The third-order valence-electron chi connectivity index (χ3n) is 2.61. The molecule has 0 bridgehead atoms. The molecule has 0 aliphatic carbocycles. The van der Waals surface area contributed by atoms with E-state index in [9.17, 15) is 9.90 Å². The van der Waals surface area contributed by atoms with E-state index in [0.717, 1.165) is 10.7 Å². The van der Waals surface area contributed by atoms with Crippen molar-refractivity contribution in [3.05, 3.63) is 39.8 Å². The number of phenols is 1. The number of aryl methyl sites for hydroxylation is 1. The predicted molar refractivity (Wildman–Crippen MR) is 81.0 cm³/mol. The lowest BCUT2D eigenvalue weighted by Gasteiger charge is -2.03. The summed E-state index contributed by atoms with van der Waals surface area (Å²) in [6.45, 7) is 1.89. The van der Waals surface area contributed by atoms with Crippen molar-refractivity contribution in [2.45, 2.75) is 13.3 Å². The van der Waals surface area contributed by atoms with Gasteiger partial charge < -0.3 is 9.84 Å². The number of ether oxygens (including phenoxy) is 1. The number of thiazole rings is 1. The topological polar surface area (TPSA) is 83.8 Å². The zero-order valence-corrected chi connectivity index (χ0v) is 12.5. The average Bonchev–Trinajstić information content (AvgIpc) is 2.84. The Bertz CT molecular complexity index is 667. The summed E-state index contributed by atoms with van der Waals surface area (Å²) >= 11 is 1.50. The molecule has 1 aromatic heterocycles. The molecule has 0 atom stereocenters. The van der Waals surface area contributed by atoms with Gasteiger partial charge in [-0.2, -0.15) is 5.10 Å². The molecule has 0 saturated carbocycles. The number of hydrogen-bond donors (Lipinski definition) is 2. The minimum absolute atomic E-state index is 0.0192. The highest BCUT2D eigenvalue weighted by molar-refractivity contribution is 7.09. The number of amides is 1. The summed E-state index contributed by atoms with van der Waals surface area (Å²) in [6.07, 6.45) is 1.64. The van der Waals surface area contributed by atoms with Crippen LogP contribution in [0.2, 0.25) is 0 Å². The molecule has 110 valence electrons. The first-order chi connectivity index (χ1) is 10.1. The van der Waals surface area contributed by atoms with Crippen molar-refractivity contribution in [3.8, 4) is 11.5 Å². The van der Waals surface area contributed by atoms with Crippen LogP contribution in [0.5, 0.6) is 11.5 Å². The van der Waals surface area contributed by atoms with E-state index < -0.39 is 0 Å². The van der Waals surface area contributed by atoms with E-state index in [1.807, 2.05) is 12.3 Å². The Hall–Kier alpha value is -2.41. The lowest BCUT2D eigenvalue weighted by Crippen LogP contribution is -2.19. The minimum atomic E-state index is -0.241. The summed E-state index contributed by atoms with van der Waals surface area (Å²) in [5.41, 5.74) is 3.80. The molecule has 1 amide bonds. The minimum Gasteiger partial charge on any atom is -0.504 e. The van der Waals surface area contributed by atoms with Crippen molar-refractivity contribution in [1.82, 2.24) is 10.4 Å². The molecule has 0 spiro atoms. The van der Waals surface area contributed by atoms with Crippen molar-refractivity contribution in [3.63, 3.8) is 0 Å². The number of phenolic OH excluding ortho intramolecular Hbond substituents is 1. The van der Waals surface area contributed by atoms with E-state index in [4.69, 9.17) is 4.74 Å². The van der Waals surface area contributed by atoms with E-state index >= 15 is 0 Å². The van der Waals surface area contributed by atoms with Crippen LogP contribution in [0.15, 0.2) is 28.7 Å². The number of methoxy groups -OCH3 is 1. The van der Waals surface area contributed by atoms with Gasteiger partial charge in [-0.15, -0.1) is 11.3 Å². The number of nitrogens with zero attached hydrogens (tertiary/aromatic N) is 2. The van der Waals surface area contributed by atoms with Gasteiger partial charge in [0, 0.05) is 5.38 Å². The van der Waals surface area contributed by atoms with Gasteiger partial charge in [0.1, 0.15) is 0 Å². The largest absolute Gasteiger partial charge is 0.504 e. The zero-order valence-electron chi connectivity index (χ0n) is 11.7. The van der Waals surface area contributed by atoms with Gasteiger partial charge in [-0.05, 0) is 30.7 Å². The summed E-state index contributed by atoms with van der Waals surface area (Å²) in [6, 6.07) is 4.84. The van der Waals surface area contributed by atoms with Gasteiger partial charge in [0.25, 0.3) is 0 Å². The molecule has 21 heavy (non-hydrogen) atoms. The molecule has 0 saturated heterocycles. The van der Waals surface area contributed by atoms with Crippen LogP contribution < -0.4 is 10.2 Å². The SMILES string of the molecule is COc1ccc(C=NNC(=O)Cc2csc(C)n2)cc1O. The van der Waals surface area contributed by atoms with E-state index in [1.165, 1.54) is 30.7 Å². The van der Waals surface area contributed by atoms with Crippen LogP contribution in [0.4, 0.5) is 0 Å². The van der Waals surface area contributed by atoms with Crippen molar-refractivity contribution < 1.29 is 14.6 Å². The number of aromatic hydroxyl groups is 1. The van der Waals surface area contributed by atoms with Crippen molar-refractivity contribution in [2.24, 2.45) is 5.10 Å². The lowest BCUT2D eigenvalue weighted by atomic mass is 10.2. The summed E-state index contributed by atoms with van der Waals surface area (Å²) in [5.74, 6) is 0.162. The number of hydrogen-bond acceptors (Lipinski definition) is 6. The summed E-state index contributed by atoms with van der Waals surface area (Å²) in [4.78, 5) is 15.9. The fourth-order valence-electron chi connectivity index (χ4n) is 1.66. The lowest BCUT2D eigenvalue weighted by molar-refractivity contribution is -0.120. The fraction of sp³-hybridized carbons (Fsp3) is 0.214. The third-order valence-corrected chi connectivity index (χ3v) is 3.44. The molecule has 2 N–H and O–H groups in total. The first-order valence-electron chi connectivity index (χ1n) is 6.18. The van der Waals surface area contributed by atoms with Crippen LogP contribution >= 0.6 is 11.3 Å². The molecule has 1 heterocycles. The summed E-state index contributed by atoms with van der Waals surface area (Å²) < 4.78 is 4.94. The summed E-state index contributed by atoms with van der Waals surface area (Å²) in [5, 5.41) is 16.2. The Morgan fingerprint density at radius 1 is 1.57 bits per heavy atom. The van der Waals surface area contributed by atoms with Crippen LogP contribution in [-0.4, -0.2) is 29.3 Å². The highest BCUT2D eigenvalue weighted by Crippen LogP contribution is 2.25. The number of rotatable bonds is 5.